The van der Waals surface area contributed by atoms with Crippen molar-refractivity contribution in [3.8, 4) is 0 Å². The summed E-state index contributed by atoms with van der Waals surface area (Å²) >= 11 is 1.97. The molecule has 0 aliphatic rings. The van der Waals surface area contributed by atoms with Crippen molar-refractivity contribution >= 4 is 34.2 Å². The predicted octanol–water partition coefficient (Wildman–Crippen LogP) is 1.91. The van der Waals surface area contributed by atoms with Crippen LogP contribution in [0.1, 0.15) is 5.56 Å². The van der Waals surface area contributed by atoms with E-state index in [-0.39, 0.29) is 12.1 Å². The van der Waals surface area contributed by atoms with Crippen molar-refractivity contribution in [1.82, 2.24) is 0 Å². The lowest BCUT2D eigenvalue weighted by Crippen LogP contribution is -2.05. The first-order chi connectivity index (χ1) is 7.02. The number of carbonyl (C=O) groups is 1. The molecule has 1 rings (SSSR count). The van der Waals surface area contributed by atoms with Crippen LogP contribution >= 0.6 is 22.6 Å². The zero-order chi connectivity index (χ0) is 11.4. The molecule has 0 fully saturated rings. The van der Waals surface area contributed by atoms with E-state index in [2.05, 4.69) is 4.74 Å². The monoisotopic (exact) mass is 321 g/mol. The molecule has 0 aromatic heterocycles. The van der Waals surface area contributed by atoms with E-state index in [0.717, 1.165) is 3.57 Å². The van der Waals surface area contributed by atoms with Crippen molar-refractivity contribution < 1.29 is 14.5 Å². The first kappa shape index (κ1) is 11.9. The van der Waals surface area contributed by atoms with E-state index < -0.39 is 10.9 Å². The zero-order valence-corrected chi connectivity index (χ0v) is 10.1. The van der Waals surface area contributed by atoms with Crippen LogP contribution in [0.4, 0.5) is 5.69 Å². The second kappa shape index (κ2) is 5.06. The molecule has 0 spiro atoms. The Morgan fingerprint density at radius 1 is 1.53 bits per heavy atom. The molecule has 0 saturated carbocycles. The van der Waals surface area contributed by atoms with Crippen LogP contribution in [0.3, 0.4) is 0 Å². The third-order valence-electron chi connectivity index (χ3n) is 1.73. The van der Waals surface area contributed by atoms with E-state index in [0.29, 0.717) is 5.56 Å². The van der Waals surface area contributed by atoms with Gasteiger partial charge in [0.2, 0.25) is 0 Å². The minimum Gasteiger partial charge on any atom is -0.469 e. The summed E-state index contributed by atoms with van der Waals surface area (Å²) in [7, 11) is 1.28. The quantitative estimate of drug-likeness (QED) is 0.369. The van der Waals surface area contributed by atoms with E-state index in [9.17, 15) is 14.9 Å². The van der Waals surface area contributed by atoms with Gasteiger partial charge in [0.15, 0.2) is 0 Å². The first-order valence-corrected chi connectivity index (χ1v) is 5.11. The number of methoxy groups -OCH3 is 1. The molecule has 0 radical (unpaired) electrons. The lowest BCUT2D eigenvalue weighted by Gasteiger charge is -2.01. The number of hydrogen-bond acceptors (Lipinski definition) is 4. The van der Waals surface area contributed by atoms with Crippen LogP contribution in [0.15, 0.2) is 18.2 Å². The molecule has 5 nitrogen and oxygen atoms in total. The average molecular weight is 321 g/mol. The van der Waals surface area contributed by atoms with Gasteiger partial charge in [-0.2, -0.15) is 0 Å². The highest BCUT2D eigenvalue weighted by Gasteiger charge is 2.11. The summed E-state index contributed by atoms with van der Waals surface area (Å²) in [5.74, 6) is -0.411. The molecular formula is C9H8INO4. The second-order valence-electron chi connectivity index (χ2n) is 2.83. The number of nitro groups is 1. The van der Waals surface area contributed by atoms with Gasteiger partial charge >= 0.3 is 5.97 Å². The Morgan fingerprint density at radius 2 is 2.20 bits per heavy atom. The van der Waals surface area contributed by atoms with Crippen LogP contribution in [0.2, 0.25) is 0 Å². The van der Waals surface area contributed by atoms with E-state index in [4.69, 9.17) is 0 Å². The fraction of sp³-hybridized carbons (Fsp3) is 0.222. The summed E-state index contributed by atoms with van der Waals surface area (Å²) in [4.78, 5) is 21.0. The van der Waals surface area contributed by atoms with Crippen LogP contribution in [-0.4, -0.2) is 18.0 Å². The summed E-state index contributed by atoms with van der Waals surface area (Å²) in [6.07, 6.45) is 0.0498. The highest BCUT2D eigenvalue weighted by atomic mass is 127. The van der Waals surface area contributed by atoms with Gasteiger partial charge in [-0.05, 0) is 34.2 Å². The van der Waals surface area contributed by atoms with Gasteiger partial charge in [0.1, 0.15) is 0 Å². The van der Waals surface area contributed by atoms with Crippen LogP contribution < -0.4 is 0 Å². The van der Waals surface area contributed by atoms with Crippen molar-refractivity contribution in [2.24, 2.45) is 0 Å². The maximum atomic E-state index is 11.0. The summed E-state index contributed by atoms with van der Waals surface area (Å²) in [6.45, 7) is 0. The molecule has 80 valence electrons. The molecule has 0 N–H and O–H groups in total. The van der Waals surface area contributed by atoms with Crippen LogP contribution in [0.25, 0.3) is 0 Å². The molecule has 0 atom stereocenters. The Balaban J connectivity index is 2.98. The third-order valence-corrected chi connectivity index (χ3v) is 2.35. The summed E-state index contributed by atoms with van der Waals surface area (Å²) in [5, 5.41) is 10.5. The normalized spacial score (nSPS) is 9.73. The SMILES string of the molecule is COC(=O)Cc1cc(I)cc([N+](=O)[O-])c1. The van der Waals surface area contributed by atoms with Crippen molar-refractivity contribution in [2.75, 3.05) is 7.11 Å². The number of carbonyl (C=O) groups excluding carboxylic acids is 1. The van der Waals surface area contributed by atoms with Crippen molar-refractivity contribution in [3.63, 3.8) is 0 Å². The smallest absolute Gasteiger partial charge is 0.309 e. The van der Waals surface area contributed by atoms with Gasteiger partial charge < -0.3 is 4.74 Å². The molecule has 0 unspecified atom stereocenters. The van der Waals surface area contributed by atoms with Crippen LogP contribution in [-0.2, 0) is 16.0 Å². The lowest BCUT2D eigenvalue weighted by atomic mass is 10.1. The molecule has 0 bridgehead atoms. The maximum absolute atomic E-state index is 11.0. The number of nitrogens with zero attached hydrogens (tertiary/aromatic N) is 1. The molecule has 0 aliphatic heterocycles. The fourth-order valence-corrected chi connectivity index (χ4v) is 1.80. The predicted molar refractivity (Wildman–Crippen MR) is 61.5 cm³/mol. The highest BCUT2D eigenvalue weighted by Crippen LogP contribution is 2.19. The zero-order valence-electron chi connectivity index (χ0n) is 7.90. The molecule has 0 heterocycles. The van der Waals surface area contributed by atoms with Crippen LogP contribution in [0, 0.1) is 13.7 Å². The number of nitro benzene ring substituents is 1. The Labute approximate surface area is 99.7 Å². The number of rotatable bonds is 3. The Morgan fingerprint density at radius 3 is 2.73 bits per heavy atom. The topological polar surface area (TPSA) is 69.4 Å². The minimum absolute atomic E-state index is 0.0131. The third kappa shape index (κ3) is 3.46. The van der Waals surface area contributed by atoms with Gasteiger partial charge in [-0.3, -0.25) is 14.9 Å². The Bertz CT molecular complexity index is 405. The van der Waals surface area contributed by atoms with Gasteiger partial charge in [0.25, 0.3) is 5.69 Å². The Hall–Kier alpha value is -1.18. The van der Waals surface area contributed by atoms with E-state index in [1.165, 1.54) is 19.2 Å². The van der Waals surface area contributed by atoms with Gasteiger partial charge in [-0.1, -0.05) is 0 Å². The number of benzene rings is 1. The number of non-ortho nitro benzene ring substituents is 1. The molecule has 0 saturated heterocycles. The molecule has 15 heavy (non-hydrogen) atoms. The summed E-state index contributed by atoms with van der Waals surface area (Å²) in [5.41, 5.74) is 0.571. The van der Waals surface area contributed by atoms with Crippen LogP contribution in [0.5, 0.6) is 0 Å². The van der Waals surface area contributed by atoms with Crippen molar-refractivity contribution in [2.45, 2.75) is 6.42 Å². The number of esters is 1. The molecule has 1 aromatic carbocycles. The molecular weight excluding hydrogens is 313 g/mol. The van der Waals surface area contributed by atoms with E-state index in [1.54, 1.807) is 6.07 Å². The number of hydrogen-bond donors (Lipinski definition) is 0. The van der Waals surface area contributed by atoms with Gasteiger partial charge in [-0.25, -0.2) is 0 Å². The van der Waals surface area contributed by atoms with Gasteiger partial charge in [-0.15, -0.1) is 0 Å². The summed E-state index contributed by atoms with van der Waals surface area (Å²) < 4.78 is 5.21. The van der Waals surface area contributed by atoms with E-state index >= 15 is 0 Å². The van der Waals surface area contributed by atoms with Gasteiger partial charge in [0.05, 0.1) is 18.5 Å². The lowest BCUT2D eigenvalue weighted by molar-refractivity contribution is -0.385. The Kier molecular flexibility index (Phi) is 4.01. The maximum Gasteiger partial charge on any atom is 0.309 e. The minimum atomic E-state index is -0.483. The molecule has 0 aliphatic carbocycles. The fourth-order valence-electron chi connectivity index (χ4n) is 1.08. The van der Waals surface area contributed by atoms with Crippen molar-refractivity contribution in [3.05, 3.63) is 37.4 Å². The second-order valence-corrected chi connectivity index (χ2v) is 4.07. The van der Waals surface area contributed by atoms with Crippen molar-refractivity contribution in [1.29, 1.82) is 0 Å². The average Bonchev–Trinajstić information content (AvgIpc) is 2.16. The molecule has 1 aromatic rings. The largest absolute Gasteiger partial charge is 0.469 e. The first-order valence-electron chi connectivity index (χ1n) is 4.03. The van der Waals surface area contributed by atoms with E-state index in [1.807, 2.05) is 22.6 Å². The highest BCUT2D eigenvalue weighted by molar-refractivity contribution is 14.1. The molecule has 0 amide bonds. The summed E-state index contributed by atoms with van der Waals surface area (Å²) in [6, 6.07) is 4.53. The molecule has 6 heteroatoms. The standard InChI is InChI=1S/C9H8INO4/c1-15-9(12)4-6-2-7(10)5-8(3-6)11(13)14/h2-3,5H,4H2,1H3. The number of ether oxygens (including phenoxy) is 1. The van der Waals surface area contributed by atoms with Gasteiger partial charge in [0, 0.05) is 15.7 Å². The number of halogens is 1.